The summed E-state index contributed by atoms with van der Waals surface area (Å²) >= 11 is 0. The minimum Gasteiger partial charge on any atom is -0.432 e. The predicted octanol–water partition coefficient (Wildman–Crippen LogP) is 3.70. The Hall–Kier alpha value is -3.26. The Balaban J connectivity index is 1.39. The van der Waals surface area contributed by atoms with Crippen molar-refractivity contribution in [2.75, 3.05) is 25.0 Å². The number of hydrogen-bond acceptors (Lipinski definition) is 6. The molecule has 0 amide bonds. The second kappa shape index (κ2) is 6.91. The molecule has 3 aromatic heterocycles. The Morgan fingerprint density at radius 1 is 1.07 bits per heavy atom. The van der Waals surface area contributed by atoms with Crippen LogP contribution >= 0.6 is 0 Å². The van der Waals surface area contributed by atoms with Gasteiger partial charge in [0.15, 0.2) is 0 Å². The van der Waals surface area contributed by atoms with Gasteiger partial charge in [0.05, 0.1) is 5.69 Å². The van der Waals surface area contributed by atoms with Crippen LogP contribution in [0.1, 0.15) is 12.8 Å². The van der Waals surface area contributed by atoms with E-state index < -0.39 is 0 Å². The van der Waals surface area contributed by atoms with Crippen molar-refractivity contribution >= 4 is 11.8 Å². The van der Waals surface area contributed by atoms with Gasteiger partial charge in [-0.25, -0.2) is 14.4 Å². The van der Waals surface area contributed by atoms with E-state index >= 15 is 0 Å². The number of fused-ring (bicyclic) bond motifs is 4. The third-order valence-corrected chi connectivity index (χ3v) is 6.25. The highest BCUT2D eigenvalue weighted by Crippen LogP contribution is 2.33. The fourth-order valence-corrected chi connectivity index (χ4v) is 4.69. The van der Waals surface area contributed by atoms with Gasteiger partial charge in [0.25, 0.3) is 0 Å². The molecule has 3 aliphatic heterocycles. The normalized spacial score (nSPS) is 23.2. The van der Waals surface area contributed by atoms with Crippen molar-refractivity contribution in [1.29, 1.82) is 0 Å². The van der Waals surface area contributed by atoms with Gasteiger partial charge < -0.3 is 14.6 Å². The summed E-state index contributed by atoms with van der Waals surface area (Å²) in [6, 6.07) is 8.54. The molecule has 0 aliphatic carbocycles. The van der Waals surface area contributed by atoms with Crippen molar-refractivity contribution in [2.45, 2.75) is 18.9 Å². The number of benzene rings is 1. The predicted molar refractivity (Wildman–Crippen MR) is 110 cm³/mol. The Labute approximate surface area is 172 Å². The summed E-state index contributed by atoms with van der Waals surface area (Å²) in [5, 5.41) is 3.56. The maximum Gasteiger partial charge on any atom is 0.306 e. The van der Waals surface area contributed by atoms with Crippen LogP contribution in [0.25, 0.3) is 28.5 Å². The molecule has 30 heavy (non-hydrogen) atoms. The summed E-state index contributed by atoms with van der Waals surface area (Å²) in [7, 11) is 0. The third kappa shape index (κ3) is 2.95. The molecule has 3 fully saturated rings. The quantitative estimate of drug-likeness (QED) is 0.559. The largest absolute Gasteiger partial charge is 0.432 e. The molecule has 3 saturated heterocycles. The van der Waals surface area contributed by atoms with Crippen LogP contribution in [0.4, 0.5) is 10.3 Å². The Kier molecular flexibility index (Phi) is 4.05. The maximum atomic E-state index is 13.4. The Bertz CT molecular complexity index is 1190. The van der Waals surface area contributed by atoms with Crippen molar-refractivity contribution in [3.63, 3.8) is 0 Å². The number of imidazole rings is 1. The average Bonchev–Trinajstić information content (AvgIpc) is 3.37. The lowest BCUT2D eigenvalue weighted by Gasteiger charge is -2.44. The highest BCUT2D eigenvalue weighted by Gasteiger charge is 2.34. The molecule has 1 aromatic carbocycles. The number of halogens is 1. The molecule has 6 heterocycles. The molecule has 3 aliphatic rings. The van der Waals surface area contributed by atoms with E-state index in [-0.39, 0.29) is 5.82 Å². The molecule has 7 nitrogen and oxygen atoms in total. The molecule has 7 rings (SSSR count). The number of rotatable bonds is 4. The second-order valence-corrected chi connectivity index (χ2v) is 8.03. The summed E-state index contributed by atoms with van der Waals surface area (Å²) in [6.45, 7) is 3.43. The van der Waals surface area contributed by atoms with Crippen molar-refractivity contribution in [3.8, 4) is 22.6 Å². The van der Waals surface area contributed by atoms with Gasteiger partial charge in [0.1, 0.15) is 23.5 Å². The van der Waals surface area contributed by atoms with E-state index in [2.05, 4.69) is 20.2 Å². The number of hydrogen-bond donors (Lipinski definition) is 1. The standard InChI is InChI=1S/C22H21FN6O/c23-16-3-1-15(2-4-16)19-20(29-11-12-30-22(29)27-19)17-5-8-24-21(25-17)26-18-13-28-9-6-14(18)7-10-28/h1-5,8,11-12,14,18H,6-7,9-10,13H2,(H,24,25,26). The molecule has 152 valence electrons. The first-order valence-corrected chi connectivity index (χ1v) is 10.3. The van der Waals surface area contributed by atoms with E-state index in [0.717, 1.165) is 23.5 Å². The highest BCUT2D eigenvalue weighted by molar-refractivity contribution is 5.79. The minimum atomic E-state index is -0.283. The minimum absolute atomic E-state index is 0.283. The molecule has 1 atom stereocenters. The van der Waals surface area contributed by atoms with Crippen LogP contribution in [0.15, 0.2) is 53.4 Å². The Morgan fingerprint density at radius 3 is 2.67 bits per heavy atom. The molecule has 8 heteroatoms. The fourth-order valence-electron chi connectivity index (χ4n) is 4.69. The maximum absolute atomic E-state index is 13.4. The van der Waals surface area contributed by atoms with Crippen LogP contribution in [-0.4, -0.2) is 49.9 Å². The van der Waals surface area contributed by atoms with Crippen LogP contribution in [0.3, 0.4) is 0 Å². The number of anilines is 1. The zero-order chi connectivity index (χ0) is 20.1. The summed E-state index contributed by atoms with van der Waals surface area (Å²) in [4.78, 5) is 16.4. The lowest BCUT2D eigenvalue weighted by molar-refractivity contribution is 0.0972. The van der Waals surface area contributed by atoms with E-state index in [9.17, 15) is 4.39 Å². The van der Waals surface area contributed by atoms with E-state index in [0.29, 0.717) is 29.4 Å². The molecular weight excluding hydrogens is 383 g/mol. The highest BCUT2D eigenvalue weighted by atomic mass is 19.1. The van der Waals surface area contributed by atoms with E-state index in [1.54, 1.807) is 24.6 Å². The molecule has 0 spiro atoms. The number of nitrogens with zero attached hydrogens (tertiary/aromatic N) is 5. The first kappa shape index (κ1) is 17.6. The molecular formula is C22H21FN6O. The van der Waals surface area contributed by atoms with Crippen molar-refractivity contribution in [2.24, 2.45) is 5.92 Å². The van der Waals surface area contributed by atoms with Gasteiger partial charge >= 0.3 is 5.84 Å². The van der Waals surface area contributed by atoms with E-state index in [1.165, 1.54) is 38.1 Å². The topological polar surface area (TPSA) is 71.5 Å². The number of aromatic nitrogens is 4. The number of oxazole rings is 1. The third-order valence-electron chi connectivity index (χ3n) is 6.25. The number of nitrogens with one attached hydrogen (secondary N) is 1. The smallest absolute Gasteiger partial charge is 0.306 e. The van der Waals surface area contributed by atoms with Gasteiger partial charge in [0, 0.05) is 30.5 Å². The molecule has 1 unspecified atom stereocenters. The lowest BCUT2D eigenvalue weighted by Crippen LogP contribution is -2.53. The second-order valence-electron chi connectivity index (χ2n) is 8.03. The van der Waals surface area contributed by atoms with Crippen molar-refractivity contribution < 1.29 is 8.81 Å². The lowest BCUT2D eigenvalue weighted by atomic mass is 9.84. The summed E-state index contributed by atoms with van der Waals surface area (Å²) in [5.74, 6) is 1.48. The van der Waals surface area contributed by atoms with Gasteiger partial charge in [-0.3, -0.25) is 4.40 Å². The molecule has 0 radical (unpaired) electrons. The van der Waals surface area contributed by atoms with E-state index in [1.807, 2.05) is 16.7 Å². The molecule has 4 aromatic rings. The molecule has 2 bridgehead atoms. The van der Waals surface area contributed by atoms with Crippen LogP contribution in [0.5, 0.6) is 0 Å². The summed E-state index contributed by atoms with van der Waals surface area (Å²) < 4.78 is 20.8. The van der Waals surface area contributed by atoms with Crippen LogP contribution in [0.2, 0.25) is 0 Å². The van der Waals surface area contributed by atoms with Crippen molar-refractivity contribution in [3.05, 3.63) is 54.8 Å². The van der Waals surface area contributed by atoms with Crippen molar-refractivity contribution in [1.82, 2.24) is 24.3 Å². The molecule has 0 saturated carbocycles. The fraction of sp³-hybridized carbons (Fsp3) is 0.318. The first-order chi connectivity index (χ1) is 14.7. The Morgan fingerprint density at radius 2 is 1.90 bits per heavy atom. The van der Waals surface area contributed by atoms with Gasteiger partial charge in [-0.2, -0.15) is 4.98 Å². The van der Waals surface area contributed by atoms with Gasteiger partial charge in [-0.15, -0.1) is 0 Å². The average molecular weight is 404 g/mol. The van der Waals surface area contributed by atoms with Gasteiger partial charge in [-0.05, 0) is 62.2 Å². The number of piperidine rings is 3. The van der Waals surface area contributed by atoms with E-state index in [4.69, 9.17) is 9.40 Å². The van der Waals surface area contributed by atoms with Crippen LogP contribution < -0.4 is 5.32 Å². The summed E-state index contributed by atoms with van der Waals surface area (Å²) in [6.07, 6.45) is 7.62. The van der Waals surface area contributed by atoms with Crippen LogP contribution in [-0.2, 0) is 0 Å². The monoisotopic (exact) mass is 404 g/mol. The van der Waals surface area contributed by atoms with Gasteiger partial charge in [-0.1, -0.05) is 0 Å². The zero-order valence-electron chi connectivity index (χ0n) is 16.3. The van der Waals surface area contributed by atoms with Gasteiger partial charge in [0.2, 0.25) is 5.95 Å². The zero-order valence-corrected chi connectivity index (χ0v) is 16.3. The van der Waals surface area contributed by atoms with Crippen LogP contribution in [0, 0.1) is 11.7 Å². The summed E-state index contributed by atoms with van der Waals surface area (Å²) in [5.41, 5.74) is 3.03. The first-order valence-electron chi connectivity index (χ1n) is 10.3. The SMILES string of the molecule is Fc1ccc(-c2nc3occn3c2-c2ccnc(NC3CN4CCC3CC4)n2)cc1. The molecule has 1 N–H and O–H groups in total.